The molecular formula is C27H24N4O7S. The molecule has 200 valence electrons. The SMILES string of the molecule is CCOc1cc(/C=C2\SC(=O)N(CC(=O)Nc3ccc(CC)cc3)C2=O)ccc1Oc1ccc([N+](=O)[O-])cn1. The van der Waals surface area contributed by atoms with Gasteiger partial charge < -0.3 is 14.8 Å². The third-order valence-corrected chi connectivity index (χ3v) is 6.44. The van der Waals surface area contributed by atoms with E-state index in [1.807, 2.05) is 19.1 Å². The van der Waals surface area contributed by atoms with Gasteiger partial charge in [0.2, 0.25) is 11.8 Å². The Hall–Kier alpha value is -4.71. The van der Waals surface area contributed by atoms with Crippen LogP contribution < -0.4 is 14.8 Å². The molecule has 3 aromatic rings. The standard InChI is InChI=1S/C27H24N4O7S/c1-3-17-5-8-19(9-6-17)29-24(32)16-30-26(33)23(39-27(30)34)14-18-7-11-21(22(13-18)37-4-2)38-25-12-10-20(15-28-25)31(35)36/h5-15H,3-4,16H2,1-2H3,(H,29,32)/b23-14-. The quantitative estimate of drug-likeness (QED) is 0.200. The van der Waals surface area contributed by atoms with E-state index < -0.39 is 28.5 Å². The van der Waals surface area contributed by atoms with Gasteiger partial charge in [-0.15, -0.1) is 0 Å². The molecule has 1 aliphatic rings. The summed E-state index contributed by atoms with van der Waals surface area (Å²) in [5, 5.41) is 13.0. The average Bonchev–Trinajstić information content (AvgIpc) is 3.18. The van der Waals surface area contributed by atoms with Crippen molar-refractivity contribution in [2.24, 2.45) is 0 Å². The molecule has 4 rings (SSSR count). The molecule has 0 radical (unpaired) electrons. The van der Waals surface area contributed by atoms with Gasteiger partial charge >= 0.3 is 0 Å². The summed E-state index contributed by atoms with van der Waals surface area (Å²) in [6.07, 6.45) is 3.49. The molecule has 2 heterocycles. The fourth-order valence-corrected chi connectivity index (χ4v) is 4.41. The Bertz CT molecular complexity index is 1440. The van der Waals surface area contributed by atoms with E-state index in [1.165, 1.54) is 18.2 Å². The van der Waals surface area contributed by atoms with Crippen molar-refractivity contribution in [1.29, 1.82) is 0 Å². The molecule has 1 fully saturated rings. The van der Waals surface area contributed by atoms with Crippen molar-refractivity contribution in [3.63, 3.8) is 0 Å². The number of nitrogens with zero attached hydrogens (tertiary/aromatic N) is 3. The van der Waals surface area contributed by atoms with E-state index in [0.29, 0.717) is 29.4 Å². The van der Waals surface area contributed by atoms with Crippen LogP contribution >= 0.6 is 11.8 Å². The van der Waals surface area contributed by atoms with Gasteiger partial charge in [-0.25, -0.2) is 4.98 Å². The molecule has 12 heteroatoms. The van der Waals surface area contributed by atoms with E-state index in [9.17, 15) is 24.5 Å². The molecule has 1 aromatic heterocycles. The Labute approximate surface area is 228 Å². The summed E-state index contributed by atoms with van der Waals surface area (Å²) >= 11 is 0.741. The molecule has 1 saturated heterocycles. The number of ether oxygens (including phenoxy) is 2. The number of amides is 3. The summed E-state index contributed by atoms with van der Waals surface area (Å²) in [4.78, 5) is 53.2. The highest BCUT2D eigenvalue weighted by molar-refractivity contribution is 8.18. The van der Waals surface area contributed by atoms with Gasteiger partial charge in [0, 0.05) is 17.8 Å². The Kier molecular flexibility index (Phi) is 8.56. The van der Waals surface area contributed by atoms with Gasteiger partial charge in [-0.3, -0.25) is 29.4 Å². The third-order valence-electron chi connectivity index (χ3n) is 5.53. The minimum Gasteiger partial charge on any atom is -0.490 e. The van der Waals surface area contributed by atoms with Crippen molar-refractivity contribution >= 4 is 46.3 Å². The van der Waals surface area contributed by atoms with Crippen molar-refractivity contribution in [3.8, 4) is 17.4 Å². The maximum Gasteiger partial charge on any atom is 0.294 e. The summed E-state index contributed by atoms with van der Waals surface area (Å²) in [5.74, 6) is -0.265. The minimum absolute atomic E-state index is 0.134. The first kappa shape index (κ1) is 27.3. The van der Waals surface area contributed by atoms with Crippen molar-refractivity contribution < 1.29 is 28.8 Å². The second-order valence-electron chi connectivity index (χ2n) is 8.22. The van der Waals surface area contributed by atoms with Crippen LogP contribution in [0.2, 0.25) is 0 Å². The van der Waals surface area contributed by atoms with Gasteiger partial charge in [0.25, 0.3) is 16.8 Å². The van der Waals surface area contributed by atoms with Crippen molar-refractivity contribution in [2.75, 3.05) is 18.5 Å². The van der Waals surface area contributed by atoms with E-state index >= 15 is 0 Å². The summed E-state index contributed by atoms with van der Waals surface area (Å²) in [6, 6.07) is 14.9. The van der Waals surface area contributed by atoms with Crippen LogP contribution in [0.25, 0.3) is 6.08 Å². The molecule has 0 atom stereocenters. The number of nitro groups is 1. The number of imide groups is 1. The van der Waals surface area contributed by atoms with Crippen molar-refractivity contribution in [1.82, 2.24) is 9.88 Å². The highest BCUT2D eigenvalue weighted by atomic mass is 32.2. The lowest BCUT2D eigenvalue weighted by Crippen LogP contribution is -2.36. The van der Waals surface area contributed by atoms with Crippen LogP contribution in [-0.2, 0) is 16.0 Å². The second-order valence-corrected chi connectivity index (χ2v) is 9.21. The summed E-state index contributed by atoms with van der Waals surface area (Å²) in [5.41, 5.74) is 2.10. The predicted octanol–water partition coefficient (Wildman–Crippen LogP) is 5.42. The zero-order valence-corrected chi connectivity index (χ0v) is 21.9. The number of anilines is 1. The number of rotatable bonds is 10. The normalized spacial score (nSPS) is 14.0. The second kappa shape index (κ2) is 12.2. The molecular weight excluding hydrogens is 524 g/mol. The van der Waals surface area contributed by atoms with Crippen LogP contribution in [0.3, 0.4) is 0 Å². The lowest BCUT2D eigenvalue weighted by Gasteiger charge is -2.13. The highest BCUT2D eigenvalue weighted by Crippen LogP contribution is 2.36. The molecule has 0 unspecified atom stereocenters. The number of hydrogen-bond donors (Lipinski definition) is 1. The lowest BCUT2D eigenvalue weighted by atomic mass is 10.1. The van der Waals surface area contributed by atoms with Crippen LogP contribution in [0.4, 0.5) is 16.2 Å². The van der Waals surface area contributed by atoms with Crippen LogP contribution in [-0.4, -0.2) is 45.0 Å². The van der Waals surface area contributed by atoms with Gasteiger partial charge in [-0.2, -0.15) is 0 Å². The molecule has 1 aliphatic heterocycles. The minimum atomic E-state index is -0.574. The molecule has 2 aromatic carbocycles. The molecule has 0 spiro atoms. The fraction of sp³-hybridized carbons (Fsp3) is 0.185. The molecule has 0 bridgehead atoms. The summed E-state index contributed by atoms with van der Waals surface area (Å²) in [7, 11) is 0. The number of benzene rings is 2. The Morgan fingerprint density at radius 1 is 1.10 bits per heavy atom. The average molecular weight is 549 g/mol. The largest absolute Gasteiger partial charge is 0.490 e. The number of aromatic nitrogens is 1. The number of pyridine rings is 1. The molecule has 1 N–H and O–H groups in total. The first-order valence-corrected chi connectivity index (χ1v) is 12.8. The Morgan fingerprint density at radius 2 is 1.87 bits per heavy atom. The van der Waals surface area contributed by atoms with Gasteiger partial charge in [0.1, 0.15) is 12.7 Å². The van der Waals surface area contributed by atoms with Crippen LogP contribution in [0.5, 0.6) is 17.4 Å². The van der Waals surface area contributed by atoms with Crippen molar-refractivity contribution in [2.45, 2.75) is 20.3 Å². The number of carbonyl (C=O) groups is 3. The number of aryl methyl sites for hydroxylation is 1. The number of thioether (sulfide) groups is 1. The monoisotopic (exact) mass is 548 g/mol. The van der Waals surface area contributed by atoms with Gasteiger partial charge in [-0.05, 0) is 66.6 Å². The number of hydrogen-bond acceptors (Lipinski definition) is 9. The highest BCUT2D eigenvalue weighted by Gasteiger charge is 2.36. The van der Waals surface area contributed by atoms with Crippen molar-refractivity contribution in [3.05, 3.63) is 86.9 Å². The van der Waals surface area contributed by atoms with E-state index in [0.717, 1.165) is 34.8 Å². The summed E-state index contributed by atoms with van der Waals surface area (Å²) < 4.78 is 11.4. The van der Waals surface area contributed by atoms with E-state index in [2.05, 4.69) is 10.3 Å². The topological polar surface area (TPSA) is 141 Å². The molecule has 39 heavy (non-hydrogen) atoms. The maximum atomic E-state index is 12.9. The molecule has 0 aliphatic carbocycles. The fourth-order valence-electron chi connectivity index (χ4n) is 3.58. The van der Waals surface area contributed by atoms with Gasteiger partial charge in [-0.1, -0.05) is 25.1 Å². The Morgan fingerprint density at radius 3 is 2.51 bits per heavy atom. The zero-order chi connectivity index (χ0) is 27.9. The van der Waals surface area contributed by atoms with Crippen LogP contribution in [0.15, 0.2) is 65.7 Å². The third kappa shape index (κ3) is 6.79. The van der Waals surface area contributed by atoms with Crippen LogP contribution in [0, 0.1) is 10.1 Å². The van der Waals surface area contributed by atoms with Crippen LogP contribution in [0.1, 0.15) is 25.0 Å². The maximum absolute atomic E-state index is 12.9. The molecule has 11 nitrogen and oxygen atoms in total. The predicted molar refractivity (Wildman–Crippen MR) is 146 cm³/mol. The first-order valence-electron chi connectivity index (χ1n) is 12.0. The lowest BCUT2D eigenvalue weighted by molar-refractivity contribution is -0.385. The van der Waals surface area contributed by atoms with E-state index in [4.69, 9.17) is 9.47 Å². The number of carbonyl (C=O) groups excluding carboxylic acids is 3. The summed E-state index contributed by atoms with van der Waals surface area (Å²) in [6.45, 7) is 3.73. The number of nitrogens with one attached hydrogen (secondary N) is 1. The molecule has 3 amide bonds. The van der Waals surface area contributed by atoms with E-state index in [1.54, 1.807) is 37.3 Å². The Balaban J connectivity index is 1.46. The molecule has 0 saturated carbocycles. The van der Waals surface area contributed by atoms with Gasteiger partial charge in [0.15, 0.2) is 11.5 Å². The smallest absolute Gasteiger partial charge is 0.294 e. The first-order chi connectivity index (χ1) is 18.8. The van der Waals surface area contributed by atoms with Gasteiger partial charge in [0.05, 0.1) is 16.4 Å². The zero-order valence-electron chi connectivity index (χ0n) is 21.1. The van der Waals surface area contributed by atoms with E-state index in [-0.39, 0.29) is 16.5 Å².